The van der Waals surface area contributed by atoms with Crippen molar-refractivity contribution in [2.24, 2.45) is 0 Å². The Morgan fingerprint density at radius 1 is 1.28 bits per heavy atom. The second kappa shape index (κ2) is 4.82. The van der Waals surface area contributed by atoms with Crippen LogP contribution in [0.25, 0.3) is 11.0 Å². The number of aromatic nitrogens is 4. The first-order chi connectivity index (χ1) is 8.78. The Morgan fingerprint density at radius 3 is 2.78 bits per heavy atom. The lowest BCUT2D eigenvalue weighted by atomic mass is 9.93. The van der Waals surface area contributed by atoms with E-state index in [0.29, 0.717) is 12.1 Å². The summed E-state index contributed by atoms with van der Waals surface area (Å²) < 4.78 is 7.37. The third-order valence-electron chi connectivity index (χ3n) is 3.63. The zero-order valence-corrected chi connectivity index (χ0v) is 11.0. The Hall–Kier alpha value is -1.20. The topological polar surface area (TPSA) is 52.8 Å². The molecule has 1 aliphatic rings. The summed E-state index contributed by atoms with van der Waals surface area (Å²) in [5.74, 6) is 0. The molecule has 96 valence electrons. The molecule has 0 amide bonds. The quantitative estimate of drug-likeness (QED) is 0.784. The molecule has 0 aliphatic heterocycles. The molecule has 0 atom stereocenters. The van der Waals surface area contributed by atoms with Gasteiger partial charge in [0.25, 0.3) is 0 Å². The molecular formula is C12H15ClN4O. The Morgan fingerprint density at radius 2 is 2.06 bits per heavy atom. The molecular weight excluding hydrogens is 252 g/mol. The highest BCUT2D eigenvalue weighted by Crippen LogP contribution is 2.31. The minimum atomic E-state index is 0.273. The molecule has 0 bridgehead atoms. The van der Waals surface area contributed by atoms with Crippen molar-refractivity contribution < 1.29 is 4.74 Å². The Labute approximate surface area is 110 Å². The van der Waals surface area contributed by atoms with E-state index in [4.69, 9.17) is 16.3 Å². The zero-order valence-electron chi connectivity index (χ0n) is 10.2. The van der Waals surface area contributed by atoms with Gasteiger partial charge in [0.1, 0.15) is 0 Å². The van der Waals surface area contributed by atoms with E-state index in [0.717, 1.165) is 36.7 Å². The average Bonchev–Trinajstić information content (AvgIpc) is 2.82. The summed E-state index contributed by atoms with van der Waals surface area (Å²) >= 11 is 5.85. The molecule has 2 aromatic rings. The van der Waals surface area contributed by atoms with Crippen LogP contribution in [-0.2, 0) is 4.74 Å². The van der Waals surface area contributed by atoms with Crippen LogP contribution in [0.5, 0.6) is 0 Å². The first kappa shape index (κ1) is 11.9. The maximum atomic E-state index is 5.85. The first-order valence-corrected chi connectivity index (χ1v) is 6.54. The Kier molecular flexibility index (Phi) is 3.18. The van der Waals surface area contributed by atoms with Crippen molar-refractivity contribution in [3.63, 3.8) is 0 Å². The van der Waals surface area contributed by atoms with Crippen LogP contribution < -0.4 is 0 Å². The van der Waals surface area contributed by atoms with Crippen molar-refractivity contribution in [1.29, 1.82) is 0 Å². The lowest BCUT2D eigenvalue weighted by molar-refractivity contribution is 0.0573. The van der Waals surface area contributed by atoms with Gasteiger partial charge < -0.3 is 4.74 Å². The highest BCUT2D eigenvalue weighted by atomic mass is 35.5. The van der Waals surface area contributed by atoms with Crippen LogP contribution in [0, 0.1) is 0 Å². The smallest absolute Gasteiger partial charge is 0.224 e. The second-order valence-corrected chi connectivity index (χ2v) is 5.01. The average molecular weight is 267 g/mol. The van der Waals surface area contributed by atoms with Gasteiger partial charge in [-0.3, -0.25) is 0 Å². The third kappa shape index (κ3) is 2.08. The van der Waals surface area contributed by atoms with Gasteiger partial charge in [-0.25, -0.2) is 9.67 Å². The highest BCUT2D eigenvalue weighted by molar-refractivity contribution is 6.28. The van der Waals surface area contributed by atoms with E-state index in [9.17, 15) is 0 Å². The van der Waals surface area contributed by atoms with Crippen molar-refractivity contribution in [3.05, 3.63) is 17.7 Å². The van der Waals surface area contributed by atoms with Crippen LogP contribution in [0.2, 0.25) is 5.28 Å². The molecule has 6 heteroatoms. The van der Waals surface area contributed by atoms with Gasteiger partial charge in [0.05, 0.1) is 23.7 Å². The third-order valence-corrected chi connectivity index (χ3v) is 3.81. The van der Waals surface area contributed by atoms with Crippen LogP contribution in [0.4, 0.5) is 0 Å². The van der Waals surface area contributed by atoms with E-state index in [1.54, 1.807) is 19.5 Å². The largest absolute Gasteiger partial charge is 0.381 e. The van der Waals surface area contributed by atoms with E-state index in [-0.39, 0.29) is 5.28 Å². The van der Waals surface area contributed by atoms with Gasteiger partial charge in [0.2, 0.25) is 5.28 Å². The molecule has 3 rings (SSSR count). The van der Waals surface area contributed by atoms with Crippen LogP contribution in [-0.4, -0.2) is 33.0 Å². The van der Waals surface area contributed by atoms with Crippen molar-refractivity contribution in [2.45, 2.75) is 37.8 Å². The van der Waals surface area contributed by atoms with E-state index < -0.39 is 0 Å². The molecule has 5 nitrogen and oxygen atoms in total. The number of rotatable bonds is 2. The van der Waals surface area contributed by atoms with Crippen LogP contribution in [0.3, 0.4) is 0 Å². The summed E-state index contributed by atoms with van der Waals surface area (Å²) in [4.78, 5) is 8.25. The standard InChI is InChI=1S/C12H15ClN4O/c1-18-10-4-2-9(3-5-10)17-11-8(7-15-17)6-14-12(13)16-11/h6-7,9-10H,2-5H2,1H3/t9-,10-. The molecule has 2 heterocycles. The highest BCUT2D eigenvalue weighted by Gasteiger charge is 2.24. The van der Waals surface area contributed by atoms with E-state index in [2.05, 4.69) is 15.1 Å². The van der Waals surface area contributed by atoms with Gasteiger partial charge in [-0.15, -0.1) is 0 Å². The van der Waals surface area contributed by atoms with E-state index in [1.807, 2.05) is 4.68 Å². The fraction of sp³-hybridized carbons (Fsp3) is 0.583. The lowest BCUT2D eigenvalue weighted by Crippen LogP contribution is -2.23. The van der Waals surface area contributed by atoms with E-state index in [1.165, 1.54) is 0 Å². The fourth-order valence-electron chi connectivity index (χ4n) is 2.61. The molecule has 2 aromatic heterocycles. The first-order valence-electron chi connectivity index (χ1n) is 6.16. The molecule has 1 saturated carbocycles. The minimum absolute atomic E-state index is 0.273. The number of fused-ring (bicyclic) bond motifs is 1. The van der Waals surface area contributed by atoms with E-state index >= 15 is 0 Å². The van der Waals surface area contributed by atoms with Crippen LogP contribution in [0.15, 0.2) is 12.4 Å². The predicted octanol–water partition coefficient (Wildman–Crippen LogP) is 2.61. The van der Waals surface area contributed by atoms with Gasteiger partial charge in [0, 0.05) is 13.3 Å². The van der Waals surface area contributed by atoms with Gasteiger partial charge in [-0.2, -0.15) is 10.1 Å². The summed E-state index contributed by atoms with van der Waals surface area (Å²) in [7, 11) is 1.78. The van der Waals surface area contributed by atoms with Crippen molar-refractivity contribution in [3.8, 4) is 0 Å². The van der Waals surface area contributed by atoms with Crippen LogP contribution >= 0.6 is 11.6 Å². The second-order valence-electron chi connectivity index (χ2n) is 4.67. The summed E-state index contributed by atoms with van der Waals surface area (Å²) in [5, 5.41) is 5.64. The number of nitrogens with zero attached hydrogens (tertiary/aromatic N) is 4. The summed E-state index contributed by atoms with van der Waals surface area (Å²) in [6, 6.07) is 0.389. The molecule has 0 unspecified atom stereocenters. The molecule has 1 aliphatic carbocycles. The SMILES string of the molecule is CO[C@H]1CC[C@H](n2ncc3cnc(Cl)nc32)CC1. The minimum Gasteiger partial charge on any atom is -0.381 e. The summed E-state index contributed by atoms with van der Waals surface area (Å²) in [6.07, 6.45) is 8.18. The van der Waals surface area contributed by atoms with Gasteiger partial charge in [0.15, 0.2) is 5.65 Å². The molecule has 18 heavy (non-hydrogen) atoms. The van der Waals surface area contributed by atoms with Crippen molar-refractivity contribution >= 4 is 22.6 Å². The number of ether oxygens (including phenoxy) is 1. The van der Waals surface area contributed by atoms with Gasteiger partial charge in [-0.05, 0) is 37.3 Å². The van der Waals surface area contributed by atoms with Crippen LogP contribution in [0.1, 0.15) is 31.7 Å². The molecule has 0 N–H and O–H groups in total. The maximum Gasteiger partial charge on any atom is 0.224 e. The fourth-order valence-corrected chi connectivity index (χ4v) is 2.74. The number of hydrogen-bond acceptors (Lipinski definition) is 4. The monoisotopic (exact) mass is 266 g/mol. The summed E-state index contributed by atoms with van der Waals surface area (Å²) in [5.41, 5.74) is 0.830. The number of hydrogen-bond donors (Lipinski definition) is 0. The lowest BCUT2D eigenvalue weighted by Gasteiger charge is -2.27. The molecule has 0 radical (unpaired) electrons. The predicted molar refractivity (Wildman–Crippen MR) is 68.6 cm³/mol. The summed E-state index contributed by atoms with van der Waals surface area (Å²) in [6.45, 7) is 0. The molecule has 0 aromatic carbocycles. The normalized spacial score (nSPS) is 24.6. The number of methoxy groups -OCH3 is 1. The van der Waals surface area contributed by atoms with Gasteiger partial charge >= 0.3 is 0 Å². The van der Waals surface area contributed by atoms with Crippen molar-refractivity contribution in [2.75, 3.05) is 7.11 Å². The molecule has 1 fully saturated rings. The number of halogens is 1. The maximum absolute atomic E-state index is 5.85. The molecule has 0 saturated heterocycles. The Bertz CT molecular complexity index is 548. The zero-order chi connectivity index (χ0) is 12.5. The Balaban J connectivity index is 1.88. The van der Waals surface area contributed by atoms with Crippen molar-refractivity contribution in [1.82, 2.24) is 19.7 Å². The molecule has 0 spiro atoms. The van der Waals surface area contributed by atoms with Gasteiger partial charge in [-0.1, -0.05) is 0 Å².